The number of allylic oxidation sites excluding steroid dienone is 3. The molecular formula is C33H55FN6O5. The smallest absolute Gasteiger partial charge is 0.323 e. The lowest BCUT2D eigenvalue weighted by Crippen LogP contribution is -2.47. The normalized spacial score (nSPS) is 35.6. The average Bonchev–Trinajstić information content (AvgIpc) is 3.53. The first-order chi connectivity index (χ1) is 21.7. The van der Waals surface area contributed by atoms with Gasteiger partial charge in [-0.3, -0.25) is 10.2 Å². The summed E-state index contributed by atoms with van der Waals surface area (Å²) in [6, 6.07) is 0.0358. The Labute approximate surface area is 267 Å². The molecule has 45 heavy (non-hydrogen) atoms. The van der Waals surface area contributed by atoms with E-state index >= 15 is 0 Å². The second kappa shape index (κ2) is 16.7. The minimum absolute atomic E-state index is 0.00878. The van der Waals surface area contributed by atoms with Crippen LogP contribution in [0.15, 0.2) is 35.8 Å². The molecule has 8 N–H and O–H groups in total. The lowest BCUT2D eigenvalue weighted by Gasteiger charge is -2.34. The third-order valence-corrected chi connectivity index (χ3v) is 10.0. The molecule has 5 rings (SSSR count). The van der Waals surface area contributed by atoms with Gasteiger partial charge >= 0.3 is 6.03 Å². The standard InChI is InChI=1S/C33H55FN6O5/c1-21-6-11-27(34)28(16-21)39-33(44)38-23-7-9-25(10-8-23)45-26-12-14-35-30(18-26)29-17-22(19-37-29)32(43)36-13-2-5-31(42)40-15-3-4-24(41)20-40/h7,12,14,16,21-22,24-27,29-32,35-37,41-43H,2-6,8-11,13,15,17-20H2,1H3,(H2,38,39,44)/t21-,22-,24?,25-,26-,27+,29-,30+,31+,32-/m1/s1. The molecule has 1 unspecified atom stereocenters. The van der Waals surface area contributed by atoms with Crippen molar-refractivity contribution in [2.45, 2.75) is 127 Å². The van der Waals surface area contributed by atoms with Crippen molar-refractivity contribution in [3.05, 3.63) is 35.8 Å². The molecule has 0 radical (unpaired) electrons. The van der Waals surface area contributed by atoms with Crippen molar-refractivity contribution in [2.24, 2.45) is 11.8 Å². The van der Waals surface area contributed by atoms with Gasteiger partial charge in [-0.25, -0.2) is 9.18 Å². The average molecular weight is 635 g/mol. The van der Waals surface area contributed by atoms with Gasteiger partial charge in [0.1, 0.15) is 18.6 Å². The van der Waals surface area contributed by atoms with Gasteiger partial charge in [0.15, 0.2) is 0 Å². The van der Waals surface area contributed by atoms with E-state index in [0.717, 1.165) is 63.7 Å². The number of ether oxygens (including phenoxy) is 1. The fraction of sp³-hybridized carbons (Fsp3) is 0.788. The molecule has 2 aliphatic carbocycles. The van der Waals surface area contributed by atoms with Crippen LogP contribution in [0, 0.1) is 11.8 Å². The number of carbonyl (C=O) groups is 1. The topological polar surface area (TPSA) is 150 Å². The molecular weight excluding hydrogens is 579 g/mol. The Morgan fingerprint density at radius 3 is 2.84 bits per heavy atom. The monoisotopic (exact) mass is 634 g/mol. The van der Waals surface area contributed by atoms with Gasteiger partial charge in [0.05, 0.1) is 18.3 Å². The Morgan fingerprint density at radius 1 is 1.18 bits per heavy atom. The molecule has 2 amide bonds. The van der Waals surface area contributed by atoms with Gasteiger partial charge in [0.2, 0.25) is 0 Å². The molecule has 12 heteroatoms. The molecule has 3 heterocycles. The van der Waals surface area contributed by atoms with Crippen LogP contribution < -0.4 is 26.6 Å². The number of alkyl halides is 1. The lowest BCUT2D eigenvalue weighted by molar-refractivity contribution is -0.0485. The Kier molecular flexibility index (Phi) is 12.7. The van der Waals surface area contributed by atoms with Crippen molar-refractivity contribution in [1.29, 1.82) is 0 Å². The van der Waals surface area contributed by atoms with Crippen LogP contribution in [0.2, 0.25) is 0 Å². The number of rotatable bonds is 12. The first-order valence-electron chi connectivity index (χ1n) is 17.2. The lowest BCUT2D eigenvalue weighted by atomic mass is 9.93. The number of aliphatic hydroxyl groups excluding tert-OH is 3. The van der Waals surface area contributed by atoms with Crippen molar-refractivity contribution in [3.63, 3.8) is 0 Å². The Hall–Kier alpha value is -2.06. The summed E-state index contributed by atoms with van der Waals surface area (Å²) in [5.74, 6) is 0.366. The highest BCUT2D eigenvalue weighted by Gasteiger charge is 2.36. The van der Waals surface area contributed by atoms with E-state index in [1.165, 1.54) is 0 Å². The van der Waals surface area contributed by atoms with Crippen molar-refractivity contribution in [3.8, 4) is 0 Å². The maximum atomic E-state index is 14.2. The molecule has 0 bridgehead atoms. The number of piperidine rings is 1. The fourth-order valence-electron chi connectivity index (χ4n) is 7.33. The number of nitrogens with zero attached hydrogens (tertiary/aromatic N) is 1. The van der Waals surface area contributed by atoms with Crippen LogP contribution in [0.1, 0.15) is 77.6 Å². The summed E-state index contributed by atoms with van der Waals surface area (Å²) in [4.78, 5) is 14.4. The zero-order valence-corrected chi connectivity index (χ0v) is 26.7. The van der Waals surface area contributed by atoms with Crippen LogP contribution >= 0.6 is 0 Å². The highest BCUT2D eigenvalue weighted by atomic mass is 19.1. The van der Waals surface area contributed by atoms with E-state index in [1.54, 1.807) is 0 Å². The Morgan fingerprint density at radius 2 is 2.04 bits per heavy atom. The van der Waals surface area contributed by atoms with Crippen LogP contribution in [0.4, 0.5) is 9.18 Å². The van der Waals surface area contributed by atoms with E-state index in [9.17, 15) is 24.5 Å². The number of hydrogen-bond donors (Lipinski definition) is 8. The summed E-state index contributed by atoms with van der Waals surface area (Å²) in [5, 5.41) is 47.0. The van der Waals surface area contributed by atoms with E-state index in [1.807, 2.05) is 30.2 Å². The van der Waals surface area contributed by atoms with Gasteiger partial charge in [0.25, 0.3) is 0 Å². The molecule has 2 saturated heterocycles. The predicted octanol–water partition coefficient (Wildman–Crippen LogP) is 2.08. The van der Waals surface area contributed by atoms with Gasteiger partial charge in [-0.2, -0.15) is 0 Å². The molecule has 0 aromatic heterocycles. The summed E-state index contributed by atoms with van der Waals surface area (Å²) in [6.07, 6.45) is 13.5. The first kappa shape index (κ1) is 34.3. The SMILES string of the molecule is C[C@H]1C=C(NC(=O)NC2=CC[C@@H](O[C@@H]3C=CN[C@H]([C@H]4C[C@@H]([C@@H](O)NCCC[C@H](O)N5CCCC(O)C5)CN4)C3)CC2)[C@@H](F)CC1. The number of hydrogen-bond acceptors (Lipinski definition) is 9. The summed E-state index contributed by atoms with van der Waals surface area (Å²) in [6.45, 7) is 4.74. The molecule has 10 atom stereocenters. The van der Waals surface area contributed by atoms with E-state index < -0.39 is 18.6 Å². The van der Waals surface area contributed by atoms with Gasteiger partial charge in [-0.1, -0.05) is 19.1 Å². The molecule has 0 aromatic carbocycles. The molecule has 5 aliphatic rings. The number of likely N-dealkylation sites (tertiary alicyclic amines) is 1. The first-order valence-corrected chi connectivity index (χ1v) is 17.2. The van der Waals surface area contributed by atoms with Crippen molar-refractivity contribution >= 4 is 6.03 Å². The van der Waals surface area contributed by atoms with Gasteiger partial charge < -0.3 is 41.3 Å². The van der Waals surface area contributed by atoms with Gasteiger partial charge in [-0.05, 0) is 95.4 Å². The summed E-state index contributed by atoms with van der Waals surface area (Å²) in [7, 11) is 0. The molecule has 11 nitrogen and oxygen atoms in total. The van der Waals surface area contributed by atoms with Crippen molar-refractivity contribution in [2.75, 3.05) is 26.2 Å². The van der Waals surface area contributed by atoms with Crippen molar-refractivity contribution < 1.29 is 29.2 Å². The van der Waals surface area contributed by atoms with Crippen molar-refractivity contribution in [1.82, 2.24) is 31.5 Å². The zero-order valence-electron chi connectivity index (χ0n) is 26.7. The highest BCUT2D eigenvalue weighted by molar-refractivity contribution is 5.77. The molecule has 254 valence electrons. The summed E-state index contributed by atoms with van der Waals surface area (Å²) < 4.78 is 20.6. The number of aliphatic hydroxyl groups is 3. The Balaban J connectivity index is 0.973. The van der Waals surface area contributed by atoms with Gasteiger partial charge in [-0.15, -0.1) is 0 Å². The quantitative estimate of drug-likeness (QED) is 0.119. The van der Waals surface area contributed by atoms with E-state index in [2.05, 4.69) is 32.7 Å². The van der Waals surface area contributed by atoms with Crippen LogP contribution in [-0.2, 0) is 4.74 Å². The third-order valence-electron chi connectivity index (χ3n) is 10.0. The number of urea groups is 1. The fourth-order valence-corrected chi connectivity index (χ4v) is 7.33. The van der Waals surface area contributed by atoms with E-state index in [0.29, 0.717) is 44.5 Å². The van der Waals surface area contributed by atoms with Crippen LogP contribution in [-0.4, -0.2) is 101 Å². The molecule has 2 fully saturated rings. The predicted molar refractivity (Wildman–Crippen MR) is 170 cm³/mol. The molecule has 0 spiro atoms. The summed E-state index contributed by atoms with van der Waals surface area (Å²) in [5.41, 5.74) is 1.21. The molecule has 0 aromatic rings. The number of halogens is 1. The van der Waals surface area contributed by atoms with Crippen LogP contribution in [0.3, 0.4) is 0 Å². The Bertz CT molecular complexity index is 1060. The van der Waals surface area contributed by atoms with Crippen LogP contribution in [0.5, 0.6) is 0 Å². The second-order valence-electron chi connectivity index (χ2n) is 13.7. The molecule has 3 aliphatic heterocycles. The largest absolute Gasteiger partial charge is 0.392 e. The highest BCUT2D eigenvalue weighted by Crippen LogP contribution is 2.27. The number of amides is 2. The number of nitrogens with one attached hydrogen (secondary N) is 5. The van der Waals surface area contributed by atoms with Crippen LogP contribution in [0.25, 0.3) is 0 Å². The van der Waals surface area contributed by atoms with E-state index in [4.69, 9.17) is 4.74 Å². The van der Waals surface area contributed by atoms with E-state index in [-0.39, 0.29) is 48.3 Å². The number of β-amino-alcohol motifs (C(OH)–C–C–N with tert-alkyl or cyclic N) is 1. The maximum absolute atomic E-state index is 14.2. The van der Waals surface area contributed by atoms with Gasteiger partial charge in [0, 0.05) is 49.0 Å². The minimum atomic E-state index is -1.11. The maximum Gasteiger partial charge on any atom is 0.323 e. The summed E-state index contributed by atoms with van der Waals surface area (Å²) >= 11 is 0. The number of carbonyl (C=O) groups excluding carboxylic acids is 1. The second-order valence-corrected chi connectivity index (χ2v) is 13.7. The third kappa shape index (κ3) is 10.2. The molecule has 0 saturated carbocycles. The zero-order chi connectivity index (χ0) is 31.8. The minimum Gasteiger partial charge on any atom is -0.392 e.